The van der Waals surface area contributed by atoms with Gasteiger partial charge in [0.05, 0.1) is 17.4 Å². The lowest BCUT2D eigenvalue weighted by Crippen LogP contribution is -2.44. The average Bonchev–Trinajstić information content (AvgIpc) is 3.28. The second-order valence-electron chi connectivity index (χ2n) is 14.7. The van der Waals surface area contributed by atoms with Crippen LogP contribution in [-0.2, 0) is 51.5 Å². The number of phosphoric acid groups is 1. The highest BCUT2D eigenvalue weighted by Gasteiger charge is 2.63. The number of alkyl halides is 2. The predicted molar refractivity (Wildman–Crippen MR) is 185 cm³/mol. The molecule has 1 aromatic rings. The molecular weight excluding hydrogens is 711 g/mol. The van der Waals surface area contributed by atoms with E-state index in [4.69, 9.17) is 38.3 Å². The van der Waals surface area contributed by atoms with Crippen molar-refractivity contribution >= 4 is 31.5 Å². The maximum atomic E-state index is 16.0. The number of hydrogen-bond donors (Lipinski definition) is 1. The minimum Gasteiger partial charge on any atom is -0.453 e. The number of carbonyl (C=O) groups is 3. The summed E-state index contributed by atoms with van der Waals surface area (Å²) in [4.78, 5) is 53.3. The van der Waals surface area contributed by atoms with Gasteiger partial charge in [0, 0.05) is 12.6 Å². The Labute approximate surface area is 304 Å². The van der Waals surface area contributed by atoms with E-state index in [0.29, 0.717) is 17.4 Å². The molecule has 1 saturated heterocycles. The first-order valence-electron chi connectivity index (χ1n) is 17.7. The molecule has 1 unspecified atom stereocenters. The first-order chi connectivity index (χ1) is 24.2. The lowest BCUT2D eigenvalue weighted by molar-refractivity contribution is -0.176. The zero-order chi connectivity index (χ0) is 39.2. The Bertz CT molecular complexity index is 1380. The van der Waals surface area contributed by atoms with Crippen molar-refractivity contribution in [3.63, 3.8) is 0 Å². The summed E-state index contributed by atoms with van der Waals surface area (Å²) in [6.45, 7) is 8.60. The van der Waals surface area contributed by atoms with Gasteiger partial charge in [0.25, 0.3) is 0 Å². The molecule has 0 aliphatic carbocycles. The normalized spacial score (nSPS) is 19.0. The van der Waals surface area contributed by atoms with Gasteiger partial charge in [-0.1, -0.05) is 64.7 Å². The van der Waals surface area contributed by atoms with Crippen LogP contribution in [0.5, 0.6) is 0 Å². The average molecular weight is 768 g/mol. The number of carbonyl (C=O) groups excluding carboxylic acids is 3. The third kappa shape index (κ3) is 14.8. The third-order valence-corrected chi connectivity index (χ3v) is 9.18. The molecule has 0 spiro atoms. The Kier molecular flexibility index (Phi) is 17.8. The van der Waals surface area contributed by atoms with Crippen molar-refractivity contribution < 1.29 is 60.2 Å². The quantitative estimate of drug-likeness (QED) is 0.0424. The number of phosphoric ester groups is 1. The van der Waals surface area contributed by atoms with Gasteiger partial charge in [0.2, 0.25) is 19.8 Å². The van der Waals surface area contributed by atoms with Crippen LogP contribution in [0.3, 0.4) is 0 Å². The Morgan fingerprint density at radius 3 is 1.87 bits per heavy atom. The van der Waals surface area contributed by atoms with Crippen LogP contribution in [0.1, 0.15) is 125 Å². The number of anilines is 1. The topological polar surface area (TPSA) is 194 Å². The first kappa shape index (κ1) is 45.2. The minimum atomic E-state index is -4.86. The second kappa shape index (κ2) is 20.5. The summed E-state index contributed by atoms with van der Waals surface area (Å²) in [5.74, 6) is -6.68. The van der Waals surface area contributed by atoms with Gasteiger partial charge in [0.1, 0.15) is 11.9 Å². The molecule has 0 bridgehead atoms. The maximum Gasteiger partial charge on any atom is 0.480 e. The number of nitrogens with zero attached hydrogens (tertiary/aromatic N) is 2. The van der Waals surface area contributed by atoms with E-state index >= 15 is 8.78 Å². The van der Waals surface area contributed by atoms with E-state index in [0.717, 1.165) is 37.9 Å². The van der Waals surface area contributed by atoms with Crippen LogP contribution in [0.4, 0.5) is 14.6 Å². The SMILES string of the molecule is CCCCCCCCCCCCC(=O)OC1[C@@H](COP(=O)(OCOC(=O)C(C)(C)C)OCOC(=O)C(C)(C)C)O[C@@H](n2ccc(N)nc2=O)C1(F)F. The smallest absolute Gasteiger partial charge is 0.453 e. The number of rotatable bonds is 22. The second-order valence-corrected chi connectivity index (χ2v) is 16.4. The summed E-state index contributed by atoms with van der Waals surface area (Å²) >= 11 is 0. The Morgan fingerprint density at radius 2 is 1.38 bits per heavy atom. The van der Waals surface area contributed by atoms with Crippen LogP contribution in [0.15, 0.2) is 17.1 Å². The van der Waals surface area contributed by atoms with E-state index < -0.39 is 86.8 Å². The Balaban J connectivity index is 2.19. The molecule has 1 aliphatic heterocycles. The van der Waals surface area contributed by atoms with E-state index in [1.165, 1.54) is 25.7 Å². The molecule has 2 rings (SSSR count). The largest absolute Gasteiger partial charge is 0.480 e. The van der Waals surface area contributed by atoms with Crippen LogP contribution >= 0.6 is 7.82 Å². The van der Waals surface area contributed by atoms with Gasteiger partial charge in [-0.3, -0.25) is 23.5 Å². The van der Waals surface area contributed by atoms with Crippen molar-refractivity contribution in [1.29, 1.82) is 0 Å². The van der Waals surface area contributed by atoms with E-state index in [-0.39, 0.29) is 12.2 Å². The predicted octanol–water partition coefficient (Wildman–Crippen LogP) is 6.83. The van der Waals surface area contributed by atoms with Gasteiger partial charge in [0.15, 0.2) is 6.10 Å². The monoisotopic (exact) mass is 767 g/mol. The molecule has 1 aliphatic rings. The van der Waals surface area contributed by atoms with Gasteiger partial charge >= 0.3 is 37.3 Å². The lowest BCUT2D eigenvalue weighted by atomic mass is 9.98. The molecule has 0 radical (unpaired) electrons. The van der Waals surface area contributed by atoms with E-state index in [9.17, 15) is 23.7 Å². The third-order valence-electron chi connectivity index (χ3n) is 7.87. The van der Waals surface area contributed by atoms with Gasteiger partial charge in [-0.05, 0) is 54.0 Å². The minimum absolute atomic E-state index is 0.159. The number of hydrogen-bond acceptors (Lipinski definition) is 14. The highest BCUT2D eigenvalue weighted by atomic mass is 31.2. The summed E-state index contributed by atoms with van der Waals surface area (Å²) in [5, 5.41) is 0. The fourth-order valence-corrected chi connectivity index (χ4v) is 5.72. The van der Waals surface area contributed by atoms with Gasteiger partial charge in [-0.2, -0.15) is 13.8 Å². The molecule has 298 valence electrons. The zero-order valence-corrected chi connectivity index (χ0v) is 32.3. The van der Waals surface area contributed by atoms with Crippen LogP contribution in [0.2, 0.25) is 0 Å². The van der Waals surface area contributed by atoms with Crippen LogP contribution in [-0.4, -0.2) is 65.8 Å². The van der Waals surface area contributed by atoms with Gasteiger partial charge in [-0.25, -0.2) is 18.4 Å². The van der Waals surface area contributed by atoms with Crippen molar-refractivity contribution in [1.82, 2.24) is 9.55 Å². The number of nitrogens with two attached hydrogens (primary N) is 1. The summed E-state index contributed by atoms with van der Waals surface area (Å²) in [7, 11) is -4.86. The molecule has 2 N–H and O–H groups in total. The molecule has 1 fully saturated rings. The molecule has 0 saturated carbocycles. The standard InChI is InChI=1S/C34H56F2N3O12P/c1-8-9-10-11-12-13-14-15-16-17-18-26(40)51-27-24(50-28(34(27,35)36)39-20-19-25(37)38-31(39)43)21-47-52(44,48-22-45-29(41)32(2,3)4)49-23-46-30(42)33(5,6)7/h19-20,24,27-28H,8-18,21-23H2,1-7H3,(H2,37,38,43)/t24-,27?,28-/m1/s1. The number of unbranched alkanes of at least 4 members (excludes halogenated alkanes) is 9. The number of esters is 3. The van der Waals surface area contributed by atoms with Crippen molar-refractivity contribution in [3.05, 3.63) is 22.7 Å². The molecule has 0 aromatic carbocycles. The van der Waals surface area contributed by atoms with Gasteiger partial charge in [-0.15, -0.1) is 0 Å². The van der Waals surface area contributed by atoms with Crippen molar-refractivity contribution in [2.24, 2.45) is 10.8 Å². The Morgan fingerprint density at radius 1 is 0.885 bits per heavy atom. The molecule has 0 amide bonds. The molecular formula is C34H56F2N3O12P. The fraction of sp³-hybridized carbons (Fsp3) is 0.794. The molecule has 3 atom stereocenters. The fourth-order valence-electron chi connectivity index (χ4n) is 4.81. The first-order valence-corrected chi connectivity index (χ1v) is 19.1. The zero-order valence-electron chi connectivity index (χ0n) is 31.4. The summed E-state index contributed by atoms with van der Waals surface area (Å²) in [6.07, 6.45) is 4.27. The van der Waals surface area contributed by atoms with Gasteiger partial charge < -0.3 is 24.7 Å². The van der Waals surface area contributed by atoms with E-state index in [2.05, 4.69) is 11.9 Å². The molecule has 18 heteroatoms. The molecule has 2 heterocycles. The highest BCUT2D eigenvalue weighted by molar-refractivity contribution is 7.48. The van der Waals surface area contributed by atoms with Crippen molar-refractivity contribution in [2.75, 3.05) is 25.9 Å². The number of aromatic nitrogens is 2. The van der Waals surface area contributed by atoms with Crippen LogP contribution < -0.4 is 11.4 Å². The van der Waals surface area contributed by atoms with Crippen molar-refractivity contribution in [3.8, 4) is 0 Å². The maximum absolute atomic E-state index is 16.0. The summed E-state index contributed by atoms with van der Waals surface area (Å²) < 4.78 is 82.3. The van der Waals surface area contributed by atoms with E-state index in [1.54, 1.807) is 41.5 Å². The number of halogens is 2. The van der Waals surface area contributed by atoms with Crippen LogP contribution in [0.25, 0.3) is 0 Å². The molecule has 15 nitrogen and oxygen atoms in total. The van der Waals surface area contributed by atoms with Crippen LogP contribution in [0, 0.1) is 10.8 Å². The summed E-state index contributed by atoms with van der Waals surface area (Å²) in [5.41, 5.74) is 2.43. The lowest BCUT2D eigenvalue weighted by Gasteiger charge is -2.25. The highest BCUT2D eigenvalue weighted by Crippen LogP contribution is 2.52. The Hall–Kier alpha value is -2.98. The molecule has 52 heavy (non-hydrogen) atoms. The van der Waals surface area contributed by atoms with E-state index in [1.807, 2.05) is 0 Å². The van der Waals surface area contributed by atoms with Crippen molar-refractivity contribution in [2.45, 2.75) is 143 Å². The number of ether oxygens (including phenoxy) is 4. The molecule has 1 aromatic heterocycles. The summed E-state index contributed by atoms with van der Waals surface area (Å²) in [6, 6.07) is 1.10. The number of nitrogen functional groups attached to an aromatic ring is 1.